The third-order valence-electron chi connectivity index (χ3n) is 8.13. The highest BCUT2D eigenvalue weighted by molar-refractivity contribution is 6.07. The molecule has 6 rings (SSSR count). The summed E-state index contributed by atoms with van der Waals surface area (Å²) in [6.45, 7) is 4.07. The summed E-state index contributed by atoms with van der Waals surface area (Å²) in [4.78, 5) is 36.7. The number of aromatic nitrogens is 1. The number of pyridine rings is 1. The third kappa shape index (κ3) is 3.85. The van der Waals surface area contributed by atoms with E-state index in [1.165, 1.54) is 37.8 Å². The largest absolute Gasteiger partial charge is 0.370 e. The van der Waals surface area contributed by atoms with Crippen LogP contribution in [-0.4, -0.2) is 65.9 Å². The Morgan fingerprint density at radius 3 is 2.24 bits per heavy atom. The molecule has 2 aliphatic carbocycles. The minimum atomic E-state index is -0.307. The van der Waals surface area contributed by atoms with Gasteiger partial charge in [-0.1, -0.05) is 12.8 Å². The first-order valence-electron chi connectivity index (χ1n) is 12.5. The molecule has 4 aliphatic rings. The second kappa shape index (κ2) is 8.26. The fourth-order valence-corrected chi connectivity index (χ4v) is 6.13. The first kappa shape index (κ1) is 20.9. The van der Waals surface area contributed by atoms with E-state index >= 15 is 0 Å². The van der Waals surface area contributed by atoms with Crippen LogP contribution in [0.5, 0.6) is 0 Å². The molecule has 2 saturated carbocycles. The molecule has 0 N–H and O–H groups in total. The summed E-state index contributed by atoms with van der Waals surface area (Å²) in [6, 6.07) is 4.66. The van der Waals surface area contributed by atoms with Crippen molar-refractivity contribution in [1.29, 1.82) is 0 Å². The second-order valence-electron chi connectivity index (χ2n) is 10.3. The molecular weight excluding hydrogens is 419 g/mol. The third-order valence-corrected chi connectivity index (χ3v) is 8.13. The summed E-state index contributed by atoms with van der Waals surface area (Å²) >= 11 is 0. The van der Waals surface area contributed by atoms with E-state index in [0.717, 1.165) is 42.5 Å². The van der Waals surface area contributed by atoms with Gasteiger partial charge in [0, 0.05) is 56.8 Å². The molecule has 0 radical (unpaired) electrons. The zero-order valence-electron chi connectivity index (χ0n) is 19.0. The van der Waals surface area contributed by atoms with Crippen LogP contribution >= 0.6 is 0 Å². The Morgan fingerprint density at radius 2 is 1.58 bits per heavy atom. The SMILES string of the molecule is O=C(c1cnc2ccc(F)cc2c1N1CC2CCCC[C@@H]2C1)N1CCN(C(=O)C2CC2)CC1. The summed E-state index contributed by atoms with van der Waals surface area (Å²) in [5.41, 5.74) is 2.13. The van der Waals surface area contributed by atoms with Gasteiger partial charge in [0.1, 0.15) is 5.82 Å². The minimum absolute atomic E-state index is 0.0583. The smallest absolute Gasteiger partial charge is 0.257 e. The molecule has 3 heterocycles. The Kier molecular flexibility index (Phi) is 5.23. The van der Waals surface area contributed by atoms with E-state index in [1.54, 1.807) is 12.3 Å². The van der Waals surface area contributed by atoms with E-state index in [4.69, 9.17) is 0 Å². The summed E-state index contributed by atoms with van der Waals surface area (Å²) in [5.74, 6) is 1.38. The van der Waals surface area contributed by atoms with Crippen LogP contribution in [-0.2, 0) is 4.79 Å². The van der Waals surface area contributed by atoms with Crippen LogP contribution in [0, 0.1) is 23.6 Å². The first-order chi connectivity index (χ1) is 16.1. The minimum Gasteiger partial charge on any atom is -0.370 e. The molecule has 2 amide bonds. The van der Waals surface area contributed by atoms with Crippen molar-refractivity contribution in [3.05, 3.63) is 35.8 Å². The molecule has 1 aromatic carbocycles. The molecule has 0 bridgehead atoms. The number of piperazine rings is 1. The topological polar surface area (TPSA) is 56.8 Å². The Morgan fingerprint density at radius 1 is 0.909 bits per heavy atom. The van der Waals surface area contributed by atoms with E-state index in [2.05, 4.69) is 9.88 Å². The second-order valence-corrected chi connectivity index (χ2v) is 10.3. The highest BCUT2D eigenvalue weighted by atomic mass is 19.1. The van der Waals surface area contributed by atoms with Crippen molar-refractivity contribution in [2.24, 2.45) is 17.8 Å². The number of hydrogen-bond donors (Lipinski definition) is 0. The number of anilines is 1. The van der Waals surface area contributed by atoms with Gasteiger partial charge in [0.25, 0.3) is 5.91 Å². The molecule has 2 saturated heterocycles. The molecule has 0 spiro atoms. The maximum atomic E-state index is 14.3. The van der Waals surface area contributed by atoms with Gasteiger partial charge in [-0.2, -0.15) is 0 Å². The van der Waals surface area contributed by atoms with Gasteiger partial charge in [0.05, 0.1) is 16.8 Å². The number of hydrogen-bond acceptors (Lipinski definition) is 4. The molecular formula is C26H31FN4O2. The number of amides is 2. The Hall–Kier alpha value is -2.70. The average Bonchev–Trinajstić information content (AvgIpc) is 3.61. The Labute approximate surface area is 193 Å². The van der Waals surface area contributed by atoms with E-state index in [9.17, 15) is 14.0 Å². The van der Waals surface area contributed by atoms with Crippen molar-refractivity contribution < 1.29 is 14.0 Å². The normalized spacial score (nSPS) is 25.4. The molecule has 6 nitrogen and oxygen atoms in total. The van der Waals surface area contributed by atoms with E-state index < -0.39 is 0 Å². The summed E-state index contributed by atoms with van der Waals surface area (Å²) < 4.78 is 14.3. The molecule has 33 heavy (non-hydrogen) atoms. The van der Waals surface area contributed by atoms with E-state index in [1.807, 2.05) is 9.80 Å². The van der Waals surface area contributed by atoms with Gasteiger partial charge in [-0.25, -0.2) is 4.39 Å². The highest BCUT2D eigenvalue weighted by Crippen LogP contribution is 2.41. The predicted octanol–water partition coefficient (Wildman–Crippen LogP) is 3.69. The fraction of sp³-hybridized carbons (Fsp3) is 0.577. The van der Waals surface area contributed by atoms with Gasteiger partial charge in [-0.05, 0) is 55.7 Å². The molecule has 2 aromatic rings. The Bertz CT molecular complexity index is 1080. The standard InChI is InChI=1S/C26H31FN4O2/c27-20-7-8-23-21(13-20)24(31-15-18-3-1-2-4-19(18)16-31)22(14-28-23)26(33)30-11-9-29(10-12-30)25(32)17-5-6-17/h7-8,13-14,17-19H,1-6,9-12,15-16H2/t18-,19?/m1/s1. The molecule has 2 atom stereocenters. The van der Waals surface area contributed by atoms with Gasteiger partial charge in [-0.15, -0.1) is 0 Å². The number of fused-ring (bicyclic) bond motifs is 2. The maximum Gasteiger partial charge on any atom is 0.257 e. The molecule has 1 aromatic heterocycles. The lowest BCUT2D eigenvalue weighted by Gasteiger charge is -2.35. The van der Waals surface area contributed by atoms with Gasteiger partial charge in [-0.3, -0.25) is 14.6 Å². The van der Waals surface area contributed by atoms with Crippen LogP contribution in [0.25, 0.3) is 10.9 Å². The first-order valence-corrected chi connectivity index (χ1v) is 12.5. The number of rotatable bonds is 3. The lowest BCUT2D eigenvalue weighted by molar-refractivity contribution is -0.134. The molecule has 7 heteroatoms. The van der Waals surface area contributed by atoms with Crippen molar-refractivity contribution >= 4 is 28.4 Å². The number of carbonyl (C=O) groups is 2. The maximum absolute atomic E-state index is 14.3. The summed E-state index contributed by atoms with van der Waals surface area (Å²) in [5, 5.41) is 0.724. The quantitative estimate of drug-likeness (QED) is 0.716. The van der Waals surface area contributed by atoms with Crippen molar-refractivity contribution in [1.82, 2.24) is 14.8 Å². The number of nitrogens with zero attached hydrogens (tertiary/aromatic N) is 4. The van der Waals surface area contributed by atoms with Crippen LogP contribution < -0.4 is 4.90 Å². The van der Waals surface area contributed by atoms with Gasteiger partial charge in [0.2, 0.25) is 5.91 Å². The van der Waals surface area contributed by atoms with Gasteiger partial charge >= 0.3 is 0 Å². The highest BCUT2D eigenvalue weighted by Gasteiger charge is 2.38. The lowest BCUT2D eigenvalue weighted by Crippen LogP contribution is -2.51. The van der Waals surface area contributed by atoms with Crippen LogP contribution in [0.2, 0.25) is 0 Å². The molecule has 4 fully saturated rings. The van der Waals surface area contributed by atoms with Crippen LogP contribution in [0.15, 0.2) is 24.4 Å². The molecule has 174 valence electrons. The van der Waals surface area contributed by atoms with Crippen LogP contribution in [0.3, 0.4) is 0 Å². The lowest BCUT2D eigenvalue weighted by atomic mass is 9.82. The number of carbonyl (C=O) groups excluding carboxylic acids is 2. The van der Waals surface area contributed by atoms with Crippen molar-refractivity contribution in [3.8, 4) is 0 Å². The van der Waals surface area contributed by atoms with E-state index in [0.29, 0.717) is 43.6 Å². The predicted molar refractivity (Wildman–Crippen MR) is 125 cm³/mol. The van der Waals surface area contributed by atoms with Crippen molar-refractivity contribution in [3.63, 3.8) is 0 Å². The Balaban J connectivity index is 1.31. The number of halogens is 1. The van der Waals surface area contributed by atoms with Crippen LogP contribution in [0.4, 0.5) is 10.1 Å². The van der Waals surface area contributed by atoms with Gasteiger partial charge < -0.3 is 14.7 Å². The fourth-order valence-electron chi connectivity index (χ4n) is 6.13. The zero-order chi connectivity index (χ0) is 22.5. The molecule has 2 aliphatic heterocycles. The average molecular weight is 451 g/mol. The van der Waals surface area contributed by atoms with Crippen molar-refractivity contribution in [2.45, 2.75) is 38.5 Å². The zero-order valence-corrected chi connectivity index (χ0v) is 19.0. The monoisotopic (exact) mass is 450 g/mol. The van der Waals surface area contributed by atoms with Gasteiger partial charge in [0.15, 0.2) is 0 Å². The molecule has 1 unspecified atom stereocenters. The summed E-state index contributed by atoms with van der Waals surface area (Å²) in [6.07, 6.45) is 8.70. The van der Waals surface area contributed by atoms with Crippen molar-refractivity contribution in [2.75, 3.05) is 44.2 Å². The summed E-state index contributed by atoms with van der Waals surface area (Å²) in [7, 11) is 0. The van der Waals surface area contributed by atoms with E-state index in [-0.39, 0.29) is 23.5 Å². The van der Waals surface area contributed by atoms with Crippen LogP contribution in [0.1, 0.15) is 48.9 Å². The number of benzene rings is 1.